The van der Waals surface area contributed by atoms with Gasteiger partial charge < -0.3 is 5.11 Å². The Balaban J connectivity index is 1.60. The molecule has 2 aromatic heterocycles. The van der Waals surface area contributed by atoms with Crippen LogP contribution in [0.25, 0.3) is 0 Å². The van der Waals surface area contributed by atoms with Gasteiger partial charge in [0, 0.05) is 31.2 Å². The van der Waals surface area contributed by atoms with Crippen LogP contribution in [0.2, 0.25) is 0 Å². The highest BCUT2D eigenvalue weighted by Gasteiger charge is 2.35. The molecule has 3 heterocycles. The Labute approximate surface area is 135 Å². The van der Waals surface area contributed by atoms with E-state index in [1.807, 2.05) is 25.3 Å². The Kier molecular flexibility index (Phi) is 4.57. The Morgan fingerprint density at radius 1 is 1.32 bits per heavy atom. The van der Waals surface area contributed by atoms with Crippen molar-refractivity contribution < 1.29 is 5.11 Å². The van der Waals surface area contributed by atoms with E-state index in [0.717, 1.165) is 55.8 Å². The molecule has 0 aliphatic carbocycles. The highest BCUT2D eigenvalue weighted by molar-refractivity contribution is 7.09. The number of aromatic nitrogens is 2. The van der Waals surface area contributed by atoms with Gasteiger partial charge in [-0.15, -0.1) is 11.3 Å². The van der Waals surface area contributed by atoms with E-state index in [4.69, 9.17) is 0 Å². The summed E-state index contributed by atoms with van der Waals surface area (Å²) in [5.41, 5.74) is 2.31. The first-order valence-corrected chi connectivity index (χ1v) is 8.78. The normalized spacial score (nSPS) is 18.5. The van der Waals surface area contributed by atoms with Crippen LogP contribution in [0.4, 0.5) is 0 Å². The molecule has 22 heavy (non-hydrogen) atoms. The summed E-state index contributed by atoms with van der Waals surface area (Å²) < 4.78 is 0. The van der Waals surface area contributed by atoms with E-state index in [1.54, 1.807) is 11.3 Å². The smallest absolute Gasteiger partial charge is 0.109 e. The van der Waals surface area contributed by atoms with Gasteiger partial charge in [0.2, 0.25) is 0 Å². The standard InChI is InChI=1S/C17H23N3OS/c1-3-16-19-14(12-22-16)11-20-8-6-17(21,7-9-20)15-5-4-13(2)10-18-15/h4-5,10,12,21H,3,6-9,11H2,1-2H3. The average Bonchev–Trinajstić information content (AvgIpc) is 2.98. The minimum Gasteiger partial charge on any atom is -0.383 e. The van der Waals surface area contributed by atoms with E-state index in [-0.39, 0.29) is 0 Å². The monoisotopic (exact) mass is 317 g/mol. The fourth-order valence-corrected chi connectivity index (χ4v) is 3.63. The lowest BCUT2D eigenvalue weighted by Gasteiger charge is -2.37. The third kappa shape index (κ3) is 3.37. The summed E-state index contributed by atoms with van der Waals surface area (Å²) in [6, 6.07) is 3.98. The van der Waals surface area contributed by atoms with Crippen LogP contribution in [0.15, 0.2) is 23.7 Å². The molecular weight excluding hydrogens is 294 g/mol. The lowest BCUT2D eigenvalue weighted by molar-refractivity contribution is -0.0313. The third-order valence-corrected chi connectivity index (χ3v) is 5.40. The fraction of sp³-hybridized carbons (Fsp3) is 0.529. The number of thiazole rings is 1. The molecule has 1 N–H and O–H groups in total. The number of hydrogen-bond donors (Lipinski definition) is 1. The van der Waals surface area contributed by atoms with Crippen LogP contribution in [0.1, 0.15) is 41.7 Å². The first-order chi connectivity index (χ1) is 10.6. The largest absolute Gasteiger partial charge is 0.383 e. The minimum atomic E-state index is -0.777. The van der Waals surface area contributed by atoms with Crippen LogP contribution in [-0.4, -0.2) is 33.1 Å². The number of hydrogen-bond acceptors (Lipinski definition) is 5. The lowest BCUT2D eigenvalue weighted by Crippen LogP contribution is -2.42. The summed E-state index contributed by atoms with van der Waals surface area (Å²) in [6.45, 7) is 6.80. The third-order valence-electron chi connectivity index (χ3n) is 4.36. The molecule has 0 atom stereocenters. The van der Waals surface area contributed by atoms with Crippen molar-refractivity contribution in [2.24, 2.45) is 0 Å². The van der Waals surface area contributed by atoms with Crippen LogP contribution in [-0.2, 0) is 18.6 Å². The summed E-state index contributed by atoms with van der Waals surface area (Å²) in [6.07, 6.45) is 4.30. The van der Waals surface area contributed by atoms with E-state index in [0.29, 0.717) is 0 Å². The molecule has 2 aromatic rings. The average molecular weight is 317 g/mol. The second kappa shape index (κ2) is 6.44. The Bertz CT molecular complexity index is 615. The maximum atomic E-state index is 10.9. The predicted octanol–water partition coefficient (Wildman–Crippen LogP) is 2.89. The van der Waals surface area contributed by atoms with Crippen molar-refractivity contribution >= 4 is 11.3 Å². The Morgan fingerprint density at radius 3 is 2.68 bits per heavy atom. The van der Waals surface area contributed by atoms with Crippen molar-refractivity contribution in [3.63, 3.8) is 0 Å². The van der Waals surface area contributed by atoms with Gasteiger partial charge in [-0.1, -0.05) is 13.0 Å². The van der Waals surface area contributed by atoms with Gasteiger partial charge in [-0.25, -0.2) is 4.98 Å². The molecule has 118 valence electrons. The molecule has 0 radical (unpaired) electrons. The van der Waals surface area contributed by atoms with Crippen LogP contribution in [0.5, 0.6) is 0 Å². The minimum absolute atomic E-state index is 0.730. The lowest BCUT2D eigenvalue weighted by atomic mass is 9.87. The molecule has 0 bridgehead atoms. The molecule has 1 aliphatic rings. The highest BCUT2D eigenvalue weighted by Crippen LogP contribution is 2.32. The quantitative estimate of drug-likeness (QED) is 0.942. The number of likely N-dealkylation sites (tertiary alicyclic amines) is 1. The molecule has 0 amide bonds. The molecule has 0 spiro atoms. The van der Waals surface area contributed by atoms with Gasteiger partial charge in [0.1, 0.15) is 5.60 Å². The van der Waals surface area contributed by atoms with Gasteiger partial charge >= 0.3 is 0 Å². The molecule has 1 fully saturated rings. The maximum absolute atomic E-state index is 10.9. The Morgan fingerprint density at radius 2 is 2.09 bits per heavy atom. The molecule has 1 aliphatic heterocycles. The van der Waals surface area contributed by atoms with E-state index in [9.17, 15) is 5.11 Å². The molecule has 0 aromatic carbocycles. The number of piperidine rings is 1. The summed E-state index contributed by atoms with van der Waals surface area (Å²) in [4.78, 5) is 11.4. The van der Waals surface area contributed by atoms with Crippen molar-refractivity contribution in [1.29, 1.82) is 0 Å². The zero-order chi connectivity index (χ0) is 15.6. The van der Waals surface area contributed by atoms with E-state index in [2.05, 4.69) is 27.2 Å². The number of aliphatic hydroxyl groups is 1. The molecule has 0 saturated carbocycles. The number of nitrogens with zero attached hydrogens (tertiary/aromatic N) is 3. The number of pyridine rings is 1. The van der Waals surface area contributed by atoms with Crippen molar-refractivity contribution in [3.05, 3.63) is 45.7 Å². The topological polar surface area (TPSA) is 49.2 Å². The van der Waals surface area contributed by atoms with Crippen molar-refractivity contribution in [1.82, 2.24) is 14.9 Å². The summed E-state index contributed by atoms with van der Waals surface area (Å²) in [5, 5.41) is 14.2. The second-order valence-corrected chi connectivity index (χ2v) is 7.06. The highest BCUT2D eigenvalue weighted by atomic mass is 32.1. The van der Waals surface area contributed by atoms with Gasteiger partial charge in [0.05, 0.1) is 16.4 Å². The molecule has 3 rings (SSSR count). The van der Waals surface area contributed by atoms with Gasteiger partial charge in [-0.05, 0) is 37.8 Å². The molecule has 0 unspecified atom stereocenters. The zero-order valence-electron chi connectivity index (χ0n) is 13.2. The van der Waals surface area contributed by atoms with Crippen molar-refractivity contribution in [2.75, 3.05) is 13.1 Å². The summed E-state index contributed by atoms with van der Waals surface area (Å²) >= 11 is 1.74. The van der Waals surface area contributed by atoms with Crippen molar-refractivity contribution in [3.8, 4) is 0 Å². The molecular formula is C17H23N3OS. The first kappa shape index (κ1) is 15.6. The van der Waals surface area contributed by atoms with Gasteiger partial charge in [0.25, 0.3) is 0 Å². The SMILES string of the molecule is CCc1nc(CN2CCC(O)(c3ccc(C)cn3)CC2)cs1. The first-order valence-electron chi connectivity index (χ1n) is 7.90. The summed E-state index contributed by atoms with van der Waals surface area (Å²) in [7, 11) is 0. The van der Waals surface area contributed by atoms with Crippen LogP contribution in [0.3, 0.4) is 0 Å². The van der Waals surface area contributed by atoms with Gasteiger partial charge in [0.15, 0.2) is 0 Å². The molecule has 4 nitrogen and oxygen atoms in total. The van der Waals surface area contributed by atoms with Crippen LogP contribution < -0.4 is 0 Å². The Hall–Kier alpha value is -1.30. The van der Waals surface area contributed by atoms with Crippen molar-refractivity contribution in [2.45, 2.75) is 45.3 Å². The van der Waals surface area contributed by atoms with Crippen LogP contribution >= 0.6 is 11.3 Å². The van der Waals surface area contributed by atoms with E-state index in [1.165, 1.54) is 5.01 Å². The van der Waals surface area contributed by atoms with Gasteiger partial charge in [-0.2, -0.15) is 0 Å². The number of rotatable bonds is 4. The van der Waals surface area contributed by atoms with Crippen LogP contribution in [0, 0.1) is 6.92 Å². The van der Waals surface area contributed by atoms with E-state index < -0.39 is 5.60 Å². The molecule has 5 heteroatoms. The number of aryl methyl sites for hydroxylation is 2. The predicted molar refractivity (Wildman–Crippen MR) is 88.9 cm³/mol. The van der Waals surface area contributed by atoms with Gasteiger partial charge in [-0.3, -0.25) is 9.88 Å². The zero-order valence-corrected chi connectivity index (χ0v) is 14.1. The maximum Gasteiger partial charge on any atom is 0.109 e. The fourth-order valence-electron chi connectivity index (χ4n) is 2.89. The second-order valence-electron chi connectivity index (χ2n) is 6.11. The summed E-state index contributed by atoms with van der Waals surface area (Å²) in [5.74, 6) is 0. The van der Waals surface area contributed by atoms with E-state index >= 15 is 0 Å². The molecule has 1 saturated heterocycles.